The monoisotopic (exact) mass is 1170 g/mol. The Morgan fingerprint density at radius 1 is 0.646 bits per heavy atom. The molecule has 4 aromatic rings. The second-order valence-corrected chi connectivity index (χ2v) is 22.2. The van der Waals surface area contributed by atoms with Gasteiger partial charge in [0.25, 0.3) is 0 Å². The number of hydrogen-bond acceptors (Lipinski definition) is 15. The summed E-state index contributed by atoms with van der Waals surface area (Å²) < 4.78 is 0. The van der Waals surface area contributed by atoms with Gasteiger partial charge in [-0.1, -0.05) is 93.3 Å². The van der Waals surface area contributed by atoms with Gasteiger partial charge < -0.3 is 70.4 Å². The van der Waals surface area contributed by atoms with Crippen LogP contribution in [0.25, 0.3) is 0 Å². The molecule has 1 aliphatic rings. The van der Waals surface area contributed by atoms with Crippen LogP contribution >= 0.6 is 44.8 Å². The number of unbranched alkanes of at least 4 members (excludes halogenated alkanes) is 1. The summed E-state index contributed by atoms with van der Waals surface area (Å²) in [5.41, 5.74) is 25.6. The van der Waals surface area contributed by atoms with Crippen molar-refractivity contribution < 1.29 is 53.4 Å². The van der Waals surface area contributed by atoms with Gasteiger partial charge in [0, 0.05) is 46.4 Å². The van der Waals surface area contributed by atoms with E-state index >= 15 is 0 Å². The van der Waals surface area contributed by atoms with Crippen molar-refractivity contribution in [3.63, 3.8) is 0 Å². The highest BCUT2D eigenvalue weighted by Gasteiger charge is 2.36. The SMILES string of the molecule is C[C@@H](O)[C@@H]1NC(=O)[C@H](CCCCN)NC(=O)[C@@H](Cc2ccc(C(N)=O)cc2)NC(=O)[C@H](Cc2ccc(O)cc2)NC(=O)[C@H](NC(=O)[C@@H](N)Cc2ccc(Cl)cc2)CSSC[C@@H](C(=O)NC(Cc2ccc(Cl)cc2)C(N)=O)NC1=O. The van der Waals surface area contributed by atoms with Gasteiger partial charge in [-0.15, -0.1) is 0 Å². The maximum Gasteiger partial charge on any atom is 0.248 e. The number of aromatic hydroxyl groups is 1. The first-order valence-electron chi connectivity index (χ1n) is 25.1. The lowest BCUT2D eigenvalue weighted by molar-refractivity contribution is -0.136. The molecular formula is C53H65Cl2N11O11S2. The lowest BCUT2D eigenvalue weighted by Crippen LogP contribution is -2.62. The average Bonchev–Trinajstić information content (AvgIpc) is 3.41. The Morgan fingerprint density at radius 3 is 1.67 bits per heavy atom. The van der Waals surface area contributed by atoms with E-state index in [1.807, 2.05) is 0 Å². The van der Waals surface area contributed by atoms with E-state index < -0.39 is 108 Å². The molecule has 1 unspecified atom stereocenters. The second kappa shape index (κ2) is 31.0. The van der Waals surface area contributed by atoms with Gasteiger partial charge in [0.05, 0.1) is 12.1 Å². The Morgan fingerprint density at radius 2 is 1.14 bits per heavy atom. The van der Waals surface area contributed by atoms with Crippen LogP contribution in [0, 0.1) is 0 Å². The largest absolute Gasteiger partial charge is 0.508 e. The fraction of sp³-hybridized carbons (Fsp3) is 0.377. The van der Waals surface area contributed by atoms with Crippen LogP contribution in [0.2, 0.25) is 10.0 Å². The fourth-order valence-electron chi connectivity index (χ4n) is 8.02. The Labute approximate surface area is 474 Å². The van der Waals surface area contributed by atoms with Crippen LogP contribution in [0.15, 0.2) is 97.1 Å². The molecule has 0 spiro atoms. The molecule has 1 heterocycles. The van der Waals surface area contributed by atoms with Gasteiger partial charge in [0.1, 0.15) is 48.0 Å². The molecule has 1 aliphatic heterocycles. The maximum atomic E-state index is 14.7. The molecule has 5 rings (SSSR count). The van der Waals surface area contributed by atoms with Gasteiger partial charge in [0.2, 0.25) is 53.2 Å². The van der Waals surface area contributed by atoms with Gasteiger partial charge in [-0.3, -0.25) is 43.2 Å². The van der Waals surface area contributed by atoms with Crippen LogP contribution in [0.5, 0.6) is 5.75 Å². The van der Waals surface area contributed by atoms with Crippen molar-refractivity contribution in [1.82, 2.24) is 37.2 Å². The van der Waals surface area contributed by atoms with E-state index in [9.17, 15) is 53.4 Å². The van der Waals surface area contributed by atoms with Crippen LogP contribution in [-0.4, -0.2) is 136 Å². The van der Waals surface area contributed by atoms with Crippen molar-refractivity contribution in [3.8, 4) is 5.75 Å². The second-order valence-electron chi connectivity index (χ2n) is 18.8. The maximum absolute atomic E-state index is 14.7. The molecule has 1 saturated heterocycles. The van der Waals surface area contributed by atoms with E-state index in [0.29, 0.717) is 38.7 Å². The van der Waals surface area contributed by atoms with Crippen molar-refractivity contribution in [2.45, 2.75) is 106 Å². The number of hydrogen-bond donors (Lipinski definition) is 13. The molecule has 79 heavy (non-hydrogen) atoms. The van der Waals surface area contributed by atoms with Crippen LogP contribution in [0.4, 0.5) is 0 Å². The number of nitrogens with two attached hydrogens (primary N) is 4. The predicted octanol–water partition coefficient (Wildman–Crippen LogP) is 0.180. The minimum Gasteiger partial charge on any atom is -0.508 e. The van der Waals surface area contributed by atoms with E-state index in [4.69, 9.17) is 46.1 Å². The smallest absolute Gasteiger partial charge is 0.248 e. The molecule has 22 nitrogen and oxygen atoms in total. The highest BCUT2D eigenvalue weighted by molar-refractivity contribution is 8.76. The third-order valence-corrected chi connectivity index (χ3v) is 15.4. The fourth-order valence-corrected chi connectivity index (χ4v) is 10.6. The molecular weight excluding hydrogens is 1100 g/mol. The summed E-state index contributed by atoms with van der Waals surface area (Å²) in [6.07, 6.45) is -1.48. The Bertz CT molecular complexity index is 2770. The quantitative estimate of drug-likeness (QED) is 0.0440. The third-order valence-electron chi connectivity index (χ3n) is 12.5. The Balaban J connectivity index is 1.57. The molecule has 4 aromatic carbocycles. The Kier molecular flexibility index (Phi) is 24.7. The lowest BCUT2D eigenvalue weighted by atomic mass is 10.00. The number of phenols is 1. The number of carbonyl (C=O) groups is 9. The number of carbonyl (C=O) groups excluding carboxylic acids is 9. The molecule has 1 fully saturated rings. The van der Waals surface area contributed by atoms with Gasteiger partial charge in [0.15, 0.2) is 0 Å². The van der Waals surface area contributed by atoms with Gasteiger partial charge >= 0.3 is 0 Å². The molecule has 0 bridgehead atoms. The molecule has 0 radical (unpaired) electrons. The van der Waals surface area contributed by atoms with Gasteiger partial charge in [-0.05, 0) is 110 Å². The first kappa shape index (κ1) is 62.9. The number of benzene rings is 4. The zero-order valence-electron chi connectivity index (χ0n) is 43.0. The standard InChI is InChI=1S/C53H65Cl2N11O11S2/c1-28(67)44-53(77)65-43(51(75)61-39(46(59)70)23-31-9-17-35(55)18-10-31)27-79-78-26-42(64-47(71)37(57)22-29-7-15-34(54)16-8-29)52(76)63-41(25-32-11-19-36(68)20-12-32)50(74)62-40(24-30-5-13-33(14-6-30)45(58)69)49(73)60-38(48(72)66-44)4-2-3-21-56/h5-20,28,37-44,67-68H,2-4,21-27,56-57H2,1H3,(H2,58,69)(H2,59,70)(H,60,73)(H,61,75)(H,62,74)(H,63,76)(H,64,71)(H,65,77)(H,66,72)/t28-,37+,38+,39?,40-,41+,42-,43+,44+/m1/s1. The van der Waals surface area contributed by atoms with Crippen molar-refractivity contribution in [1.29, 1.82) is 0 Å². The molecule has 0 saturated carbocycles. The molecule has 9 atom stereocenters. The highest BCUT2D eigenvalue weighted by atomic mass is 35.5. The number of rotatable bonds is 19. The first-order chi connectivity index (χ1) is 37.6. The van der Waals surface area contributed by atoms with Crippen molar-refractivity contribution in [2.75, 3.05) is 18.1 Å². The zero-order chi connectivity index (χ0) is 57.8. The van der Waals surface area contributed by atoms with Gasteiger partial charge in [-0.2, -0.15) is 0 Å². The van der Waals surface area contributed by atoms with E-state index in [0.717, 1.165) is 21.6 Å². The number of nitrogens with one attached hydrogen (secondary N) is 7. The summed E-state index contributed by atoms with van der Waals surface area (Å²) in [6.45, 7) is 1.43. The summed E-state index contributed by atoms with van der Waals surface area (Å²) in [4.78, 5) is 125. The molecule has 26 heteroatoms. The van der Waals surface area contributed by atoms with Crippen LogP contribution in [0.1, 0.15) is 58.8 Å². The predicted molar refractivity (Wildman–Crippen MR) is 301 cm³/mol. The average molecular weight is 1170 g/mol. The number of phenolic OH excluding ortho intramolecular Hbond substituents is 1. The van der Waals surface area contributed by atoms with Crippen molar-refractivity contribution >= 4 is 98.0 Å². The molecule has 17 N–H and O–H groups in total. The van der Waals surface area contributed by atoms with E-state index in [-0.39, 0.29) is 67.9 Å². The Hall–Kier alpha value is -6.93. The number of primary amides is 2. The van der Waals surface area contributed by atoms with Crippen molar-refractivity contribution in [2.24, 2.45) is 22.9 Å². The van der Waals surface area contributed by atoms with Crippen molar-refractivity contribution in [3.05, 3.63) is 135 Å². The summed E-state index contributed by atoms with van der Waals surface area (Å²) in [5.74, 6) is -8.61. The summed E-state index contributed by atoms with van der Waals surface area (Å²) in [7, 11) is 1.92. The molecule has 0 aliphatic carbocycles. The molecule has 424 valence electrons. The number of halogens is 2. The van der Waals surface area contributed by atoms with E-state index in [2.05, 4.69) is 37.2 Å². The summed E-state index contributed by atoms with van der Waals surface area (Å²) in [6, 6.07) is 13.0. The zero-order valence-corrected chi connectivity index (χ0v) is 46.1. The summed E-state index contributed by atoms with van der Waals surface area (Å²) >= 11 is 12.1. The van der Waals surface area contributed by atoms with Gasteiger partial charge in [-0.25, -0.2) is 0 Å². The third kappa shape index (κ3) is 20.4. The highest BCUT2D eigenvalue weighted by Crippen LogP contribution is 2.24. The number of aliphatic hydroxyl groups is 1. The topological polar surface area (TPSA) is 382 Å². The normalized spacial score (nSPS) is 21.1. The van der Waals surface area contributed by atoms with Crippen LogP contribution < -0.4 is 60.2 Å². The van der Waals surface area contributed by atoms with E-state index in [1.165, 1.54) is 55.5 Å². The minimum atomic E-state index is -1.75. The minimum absolute atomic E-state index is 0.0302. The lowest BCUT2D eigenvalue weighted by Gasteiger charge is -2.29. The molecule has 0 aromatic heterocycles. The van der Waals surface area contributed by atoms with Crippen LogP contribution in [-0.2, 0) is 64.0 Å². The summed E-state index contributed by atoms with van der Waals surface area (Å²) in [5, 5.41) is 40.4. The molecule has 9 amide bonds. The van der Waals surface area contributed by atoms with E-state index in [1.54, 1.807) is 48.5 Å². The first-order valence-corrected chi connectivity index (χ1v) is 28.3. The number of aliphatic hydroxyl groups excluding tert-OH is 1. The van der Waals surface area contributed by atoms with Crippen LogP contribution in [0.3, 0.4) is 0 Å². The number of amides is 9.